The van der Waals surface area contributed by atoms with Crippen LogP contribution in [0.2, 0.25) is 0 Å². The van der Waals surface area contributed by atoms with Crippen molar-refractivity contribution in [3.8, 4) is 28.6 Å². The van der Waals surface area contributed by atoms with Crippen LogP contribution in [0.3, 0.4) is 0 Å². The first-order valence-corrected chi connectivity index (χ1v) is 9.72. The molecule has 1 amide bonds. The molecule has 0 unspecified atom stereocenters. The number of benzene rings is 3. The second kappa shape index (κ2) is 8.71. The summed E-state index contributed by atoms with van der Waals surface area (Å²) in [4.78, 5) is 17.6. The number of aryl methyl sites for hydroxylation is 1. The second-order valence-electron chi connectivity index (χ2n) is 6.85. The Balaban J connectivity index is 1.72. The van der Waals surface area contributed by atoms with Gasteiger partial charge in [0.2, 0.25) is 5.82 Å². The Morgan fingerprint density at radius 2 is 1.52 bits per heavy atom. The smallest absolute Gasteiger partial charge is 0.295 e. The Labute approximate surface area is 180 Å². The van der Waals surface area contributed by atoms with Gasteiger partial charge in [-0.15, -0.1) is 5.10 Å². The molecule has 156 valence electrons. The molecule has 1 aromatic heterocycles. The molecule has 3 aromatic carbocycles. The minimum Gasteiger partial charge on any atom is -0.493 e. The lowest BCUT2D eigenvalue weighted by molar-refractivity contribution is 0.101. The molecule has 0 spiro atoms. The number of amides is 1. The average molecular weight is 414 g/mol. The summed E-state index contributed by atoms with van der Waals surface area (Å²) < 4.78 is 12.3. The molecule has 7 nitrogen and oxygen atoms in total. The maximum absolute atomic E-state index is 13.0. The predicted octanol–water partition coefficient (Wildman–Crippen LogP) is 4.51. The van der Waals surface area contributed by atoms with E-state index in [0.29, 0.717) is 23.0 Å². The first-order chi connectivity index (χ1) is 15.1. The molecule has 0 saturated carbocycles. The van der Waals surface area contributed by atoms with Crippen molar-refractivity contribution in [3.05, 3.63) is 84.2 Å². The highest BCUT2D eigenvalue weighted by Crippen LogP contribution is 2.33. The number of nitrogens with one attached hydrogen (secondary N) is 1. The van der Waals surface area contributed by atoms with Crippen molar-refractivity contribution < 1.29 is 14.3 Å². The van der Waals surface area contributed by atoms with E-state index >= 15 is 0 Å². The molecular formula is C24H22N4O3. The third kappa shape index (κ3) is 4.11. The van der Waals surface area contributed by atoms with Crippen LogP contribution in [-0.2, 0) is 0 Å². The summed E-state index contributed by atoms with van der Waals surface area (Å²) in [6, 6.07) is 22.8. The fourth-order valence-corrected chi connectivity index (χ4v) is 3.23. The molecule has 31 heavy (non-hydrogen) atoms. The minimum atomic E-state index is -0.415. The zero-order chi connectivity index (χ0) is 21.8. The molecule has 0 bridgehead atoms. The van der Waals surface area contributed by atoms with Crippen LogP contribution in [0.5, 0.6) is 11.5 Å². The van der Waals surface area contributed by atoms with E-state index in [-0.39, 0.29) is 5.82 Å². The van der Waals surface area contributed by atoms with Crippen molar-refractivity contribution in [2.24, 2.45) is 0 Å². The first-order valence-electron chi connectivity index (χ1n) is 9.72. The van der Waals surface area contributed by atoms with Crippen LogP contribution in [0.4, 0.5) is 5.69 Å². The average Bonchev–Trinajstić information content (AvgIpc) is 3.27. The summed E-state index contributed by atoms with van der Waals surface area (Å²) in [5.41, 5.74) is 3.10. The fourth-order valence-electron chi connectivity index (χ4n) is 3.23. The molecule has 0 fully saturated rings. The van der Waals surface area contributed by atoms with Gasteiger partial charge in [-0.1, -0.05) is 48.5 Å². The number of nitrogens with zero attached hydrogens (tertiary/aromatic N) is 3. The molecule has 1 heterocycles. The lowest BCUT2D eigenvalue weighted by Crippen LogP contribution is -2.15. The maximum atomic E-state index is 13.0. The molecule has 0 aliphatic heterocycles. The van der Waals surface area contributed by atoms with Gasteiger partial charge in [0.25, 0.3) is 5.91 Å². The summed E-state index contributed by atoms with van der Waals surface area (Å²) in [6.07, 6.45) is 0. The minimum absolute atomic E-state index is 0.0666. The summed E-state index contributed by atoms with van der Waals surface area (Å²) in [5.74, 6) is 1.35. The third-order valence-corrected chi connectivity index (χ3v) is 4.82. The molecule has 4 rings (SSSR count). The van der Waals surface area contributed by atoms with Crippen molar-refractivity contribution in [1.29, 1.82) is 0 Å². The number of methoxy groups -OCH3 is 2. The number of anilines is 1. The number of hydrogen-bond donors (Lipinski definition) is 1. The maximum Gasteiger partial charge on any atom is 0.295 e. The molecule has 4 aromatic rings. The fraction of sp³-hybridized carbons (Fsp3) is 0.125. The van der Waals surface area contributed by atoms with Crippen LogP contribution >= 0.6 is 0 Å². The van der Waals surface area contributed by atoms with Crippen LogP contribution < -0.4 is 14.8 Å². The molecule has 0 saturated heterocycles. The van der Waals surface area contributed by atoms with E-state index in [1.54, 1.807) is 31.0 Å². The highest BCUT2D eigenvalue weighted by atomic mass is 16.5. The van der Waals surface area contributed by atoms with Crippen LogP contribution in [0.1, 0.15) is 16.2 Å². The van der Waals surface area contributed by atoms with Gasteiger partial charge in [0.05, 0.1) is 19.9 Å². The van der Waals surface area contributed by atoms with Crippen molar-refractivity contribution in [1.82, 2.24) is 14.8 Å². The highest BCUT2D eigenvalue weighted by Gasteiger charge is 2.20. The second-order valence-corrected chi connectivity index (χ2v) is 6.85. The lowest BCUT2D eigenvalue weighted by Gasteiger charge is -2.12. The van der Waals surface area contributed by atoms with Gasteiger partial charge in [-0.05, 0) is 30.7 Å². The SMILES string of the molecule is COc1cc(C)c(NC(=O)c2nc(-c3ccccc3)n(-c3ccccc3)n2)cc1OC. The van der Waals surface area contributed by atoms with Crippen LogP contribution in [0.15, 0.2) is 72.8 Å². The Morgan fingerprint density at radius 1 is 0.903 bits per heavy atom. The molecular weight excluding hydrogens is 392 g/mol. The number of para-hydroxylation sites is 1. The predicted molar refractivity (Wildman–Crippen MR) is 119 cm³/mol. The topological polar surface area (TPSA) is 78.3 Å². The Morgan fingerprint density at radius 3 is 2.16 bits per heavy atom. The van der Waals surface area contributed by atoms with E-state index in [1.165, 1.54) is 0 Å². The van der Waals surface area contributed by atoms with Crippen molar-refractivity contribution >= 4 is 11.6 Å². The molecule has 0 aliphatic rings. The Kier molecular flexibility index (Phi) is 5.66. The van der Waals surface area contributed by atoms with Gasteiger partial charge in [0.1, 0.15) is 0 Å². The third-order valence-electron chi connectivity index (χ3n) is 4.82. The van der Waals surface area contributed by atoms with Crippen LogP contribution in [0.25, 0.3) is 17.1 Å². The molecule has 0 atom stereocenters. The van der Waals surface area contributed by atoms with E-state index in [1.807, 2.05) is 67.6 Å². The van der Waals surface area contributed by atoms with Gasteiger partial charge in [-0.25, -0.2) is 9.67 Å². The van der Waals surface area contributed by atoms with Gasteiger partial charge in [0, 0.05) is 17.3 Å². The zero-order valence-corrected chi connectivity index (χ0v) is 17.5. The largest absolute Gasteiger partial charge is 0.493 e. The van der Waals surface area contributed by atoms with Crippen molar-refractivity contribution in [3.63, 3.8) is 0 Å². The number of aromatic nitrogens is 3. The number of rotatable bonds is 6. The number of hydrogen-bond acceptors (Lipinski definition) is 5. The lowest BCUT2D eigenvalue weighted by atomic mass is 10.1. The summed E-state index contributed by atoms with van der Waals surface area (Å²) in [5, 5.41) is 7.38. The van der Waals surface area contributed by atoms with Crippen LogP contribution in [0, 0.1) is 6.92 Å². The molecule has 7 heteroatoms. The van der Waals surface area contributed by atoms with Gasteiger partial charge in [-0.2, -0.15) is 0 Å². The van der Waals surface area contributed by atoms with Gasteiger partial charge >= 0.3 is 0 Å². The number of ether oxygens (including phenoxy) is 2. The Bertz CT molecular complexity index is 1150. The summed E-state index contributed by atoms with van der Waals surface area (Å²) in [7, 11) is 3.12. The summed E-state index contributed by atoms with van der Waals surface area (Å²) >= 11 is 0. The van der Waals surface area contributed by atoms with Crippen LogP contribution in [-0.4, -0.2) is 34.9 Å². The quantitative estimate of drug-likeness (QED) is 0.502. The zero-order valence-electron chi connectivity index (χ0n) is 17.5. The van der Waals surface area contributed by atoms with Gasteiger partial charge in [0.15, 0.2) is 17.3 Å². The monoisotopic (exact) mass is 414 g/mol. The first kappa shape index (κ1) is 20.2. The van der Waals surface area contributed by atoms with E-state index in [2.05, 4.69) is 15.4 Å². The number of carbonyl (C=O) groups excluding carboxylic acids is 1. The van der Waals surface area contributed by atoms with E-state index in [4.69, 9.17) is 9.47 Å². The highest BCUT2D eigenvalue weighted by molar-refractivity contribution is 6.02. The van der Waals surface area contributed by atoms with E-state index in [0.717, 1.165) is 16.8 Å². The molecule has 1 N–H and O–H groups in total. The van der Waals surface area contributed by atoms with E-state index < -0.39 is 5.91 Å². The molecule has 0 aliphatic carbocycles. The molecule has 0 radical (unpaired) electrons. The standard InChI is InChI=1S/C24H22N4O3/c1-16-14-20(30-2)21(31-3)15-19(16)25-24(29)22-26-23(17-10-6-4-7-11-17)28(27-22)18-12-8-5-9-13-18/h4-15H,1-3H3,(H,25,29). The summed E-state index contributed by atoms with van der Waals surface area (Å²) in [6.45, 7) is 1.88. The van der Waals surface area contributed by atoms with E-state index in [9.17, 15) is 4.79 Å². The van der Waals surface area contributed by atoms with Crippen molar-refractivity contribution in [2.45, 2.75) is 6.92 Å². The van der Waals surface area contributed by atoms with Gasteiger partial charge < -0.3 is 14.8 Å². The van der Waals surface area contributed by atoms with Gasteiger partial charge in [-0.3, -0.25) is 4.79 Å². The number of carbonyl (C=O) groups is 1. The normalized spacial score (nSPS) is 10.5. The Hall–Kier alpha value is -4.13. The van der Waals surface area contributed by atoms with Crippen molar-refractivity contribution in [2.75, 3.05) is 19.5 Å².